The van der Waals surface area contributed by atoms with Gasteiger partial charge in [-0.25, -0.2) is 0 Å². The first kappa shape index (κ1) is 55.4. The molecule has 0 fully saturated rings. The van der Waals surface area contributed by atoms with Crippen LogP contribution in [0.4, 0.5) is 34.1 Å². The highest BCUT2D eigenvalue weighted by Gasteiger charge is 2.30. The van der Waals surface area contributed by atoms with Gasteiger partial charge in [-0.1, -0.05) is 141 Å². The average Bonchev–Trinajstić information content (AvgIpc) is 3.43. The number of ketones is 1. The van der Waals surface area contributed by atoms with E-state index in [1.807, 2.05) is 140 Å². The van der Waals surface area contributed by atoms with E-state index in [9.17, 15) is 0 Å². The van der Waals surface area contributed by atoms with Gasteiger partial charge >= 0.3 is 0 Å². The van der Waals surface area contributed by atoms with Crippen LogP contribution in [0.1, 0.15) is 84.5 Å². The summed E-state index contributed by atoms with van der Waals surface area (Å²) in [5.74, 6) is 0.554. The van der Waals surface area contributed by atoms with E-state index in [1.165, 1.54) is 5.56 Å². The topological polar surface area (TPSA) is 149 Å². The van der Waals surface area contributed by atoms with Crippen LogP contribution in [0.2, 0.25) is 0 Å². The predicted molar refractivity (Wildman–Crippen MR) is 357 cm³/mol. The third-order valence-electron chi connectivity index (χ3n) is 17.2. The molecule has 0 spiro atoms. The number of nitrogens with one attached hydrogen (secondary N) is 2. The second-order valence-electron chi connectivity index (χ2n) is 22.0. The Morgan fingerprint density at radius 3 is 1.73 bits per heavy atom. The van der Waals surface area contributed by atoms with Crippen molar-refractivity contribution in [2.24, 2.45) is 20.5 Å². The Kier molecular flexibility index (Phi) is 14.5. The lowest BCUT2D eigenvalue weighted by Gasteiger charge is -2.25. The van der Waals surface area contributed by atoms with Crippen LogP contribution in [-0.4, -0.2) is 48.0 Å². The zero-order valence-corrected chi connectivity index (χ0v) is 50.0. The molecule has 13 aromatic rings. The molecule has 1 aliphatic carbocycles. The molecule has 1 amide bonds. The summed E-state index contributed by atoms with van der Waals surface area (Å²) in [6.07, 6.45) is 1.63. The van der Waals surface area contributed by atoms with Crippen molar-refractivity contribution in [2.45, 2.75) is 61.0 Å². The van der Waals surface area contributed by atoms with E-state index >= 15 is 9.59 Å². The van der Waals surface area contributed by atoms with Crippen molar-refractivity contribution in [3.8, 4) is 22.6 Å². The predicted octanol–water partition coefficient (Wildman–Crippen LogP) is 20.0. The maximum absolute atomic E-state index is 15.1. The number of anilines is 2. The number of amides is 1. The highest BCUT2D eigenvalue weighted by molar-refractivity contribution is 6.28. The Labute approximate surface area is 508 Å². The Hall–Kier alpha value is -10.5. The maximum Gasteiger partial charge on any atom is 0.262 e. The fourth-order valence-electron chi connectivity index (χ4n) is 13.1. The first-order chi connectivity index (χ1) is 43.2. The van der Waals surface area contributed by atoms with Crippen LogP contribution in [-0.2, 0) is 24.3 Å². The number of azo groups is 2. The van der Waals surface area contributed by atoms with Gasteiger partial charge in [0.2, 0.25) is 0 Å². The van der Waals surface area contributed by atoms with E-state index in [1.54, 1.807) is 0 Å². The van der Waals surface area contributed by atoms with Crippen molar-refractivity contribution >= 4 is 122 Å². The molecule has 2 N–H and O–H groups in total. The molecular formula is C75H64N8O5. The molecule has 1 aliphatic rings. The summed E-state index contributed by atoms with van der Waals surface area (Å²) >= 11 is 0. The van der Waals surface area contributed by atoms with Crippen molar-refractivity contribution in [3.05, 3.63) is 215 Å². The third kappa shape index (κ3) is 9.28. The molecule has 0 saturated heterocycles. The molecule has 0 saturated carbocycles. The van der Waals surface area contributed by atoms with Crippen LogP contribution in [0, 0.1) is 0 Å². The van der Waals surface area contributed by atoms with Gasteiger partial charge in [-0.15, -0.1) is 15.3 Å². The van der Waals surface area contributed by atoms with Gasteiger partial charge < -0.3 is 24.3 Å². The maximum atomic E-state index is 15.1. The van der Waals surface area contributed by atoms with Gasteiger partial charge in [0.05, 0.1) is 46.9 Å². The van der Waals surface area contributed by atoms with Crippen LogP contribution in [0.3, 0.4) is 0 Å². The lowest BCUT2D eigenvalue weighted by molar-refractivity contribution is 0.0950. The van der Waals surface area contributed by atoms with Gasteiger partial charge in [0.25, 0.3) is 5.91 Å². The normalized spacial score (nSPS) is 12.3. The zero-order chi connectivity index (χ0) is 60.2. The number of carbonyl (C=O) groups excluding carboxylic acids is 2. The Morgan fingerprint density at radius 2 is 1.06 bits per heavy atom. The second kappa shape index (κ2) is 23.1. The molecule has 11 aromatic carbocycles. The molecule has 88 heavy (non-hydrogen) atoms. The first-order valence-electron chi connectivity index (χ1n) is 30.4. The SMILES string of the molecule is CCOc1c(CON(CC)c2ccccc2CC)cc2ccc3c4ccccc4[nH]c3c2c1N=Nc1ccc2c(c1)C(=O)c1cccc3c(N=Nc4c(OCC)c(C(=O)N(CC)c5ccccc5CC)cc5ccc6c7ccccc7[nH]c6c45)ccc-2c13. The molecule has 0 bridgehead atoms. The molecule has 434 valence electrons. The van der Waals surface area contributed by atoms with E-state index < -0.39 is 0 Å². The number of hydrogen-bond acceptors (Lipinski definition) is 10. The molecular weight excluding hydrogens is 1090 g/mol. The lowest BCUT2D eigenvalue weighted by Crippen LogP contribution is -2.32. The largest absolute Gasteiger partial charge is 0.491 e. The van der Waals surface area contributed by atoms with Gasteiger partial charge in [0.1, 0.15) is 18.0 Å². The number of nitrogens with zero attached hydrogens (tertiary/aromatic N) is 6. The number of hydrogen-bond donors (Lipinski definition) is 2. The Morgan fingerprint density at radius 1 is 0.466 bits per heavy atom. The standard InChI is InChI=1S/C75H64N8O5/c1-7-44-22-13-19-30-63(44)82(9-3)75(85)59-41-47-33-36-55-52-25-16-18-29-61(52)77-69(55)66(47)71(74(59)87-12-6)81-79-62-39-38-53-50-37-34-49(42-58(50)72(84)57-27-21-26-56(62)67(53)57)78-80-70-65-46(32-35-54-51-24-15-17-28-60(51)76-68(54)65)40-48(73(70)86-11-5)43-88-83(10-4)64-31-20-14-23-45(64)8-2/h13-42,76-77H,7-12,43H2,1-6H3. The van der Waals surface area contributed by atoms with Crippen molar-refractivity contribution < 1.29 is 23.9 Å². The number of hydroxylamine groups is 1. The van der Waals surface area contributed by atoms with E-state index in [0.29, 0.717) is 70.6 Å². The quantitative estimate of drug-likeness (QED) is 0.0645. The third-order valence-corrected chi connectivity index (χ3v) is 17.2. The minimum Gasteiger partial charge on any atom is -0.491 e. The smallest absolute Gasteiger partial charge is 0.262 e. The fraction of sp³-hybridized carbons (Fsp3) is 0.173. The number of aryl methyl sites for hydroxylation is 2. The minimum absolute atomic E-state index is 0.147. The highest BCUT2D eigenvalue weighted by atomic mass is 16.7. The van der Waals surface area contributed by atoms with Gasteiger partial charge in [0, 0.05) is 89.6 Å². The molecule has 0 aliphatic heterocycles. The van der Waals surface area contributed by atoms with Crippen molar-refractivity contribution in [2.75, 3.05) is 36.3 Å². The molecule has 0 unspecified atom stereocenters. The van der Waals surface area contributed by atoms with Gasteiger partial charge in [-0.3, -0.25) is 19.5 Å². The van der Waals surface area contributed by atoms with E-state index in [0.717, 1.165) is 122 Å². The number of aromatic nitrogens is 2. The Bertz CT molecular complexity index is 5040. The first-order valence-corrected chi connectivity index (χ1v) is 30.4. The number of rotatable bonds is 18. The van der Waals surface area contributed by atoms with Gasteiger partial charge in [-0.05, 0) is 128 Å². The van der Waals surface area contributed by atoms with Gasteiger partial charge in [-0.2, -0.15) is 5.11 Å². The summed E-state index contributed by atoms with van der Waals surface area (Å²) in [5, 5.41) is 31.4. The van der Waals surface area contributed by atoms with Crippen LogP contribution in [0.5, 0.6) is 11.5 Å². The van der Waals surface area contributed by atoms with Crippen molar-refractivity contribution in [1.29, 1.82) is 0 Å². The molecule has 0 radical (unpaired) electrons. The summed E-state index contributed by atoms with van der Waals surface area (Å²) in [7, 11) is 0. The highest BCUT2D eigenvalue weighted by Crippen LogP contribution is 2.50. The Balaban J connectivity index is 0.870. The lowest BCUT2D eigenvalue weighted by atomic mass is 9.82. The van der Waals surface area contributed by atoms with E-state index in [-0.39, 0.29) is 24.9 Å². The second-order valence-corrected chi connectivity index (χ2v) is 22.0. The summed E-state index contributed by atoms with van der Waals surface area (Å²) in [5.41, 5.74) is 13.8. The fourth-order valence-corrected chi connectivity index (χ4v) is 13.1. The average molecular weight is 1160 g/mol. The number of benzene rings is 11. The number of ether oxygens (including phenoxy) is 2. The molecule has 13 nitrogen and oxygen atoms in total. The molecule has 2 aromatic heterocycles. The van der Waals surface area contributed by atoms with Crippen LogP contribution in [0.15, 0.2) is 202 Å². The summed E-state index contributed by atoms with van der Waals surface area (Å²) < 4.78 is 13.2. The summed E-state index contributed by atoms with van der Waals surface area (Å²) in [6, 6.07) is 60.6. The molecule has 13 heteroatoms. The van der Waals surface area contributed by atoms with E-state index in [4.69, 9.17) is 34.8 Å². The number of fused-ring (bicyclic) bond motifs is 12. The van der Waals surface area contributed by atoms with Crippen LogP contribution in [0.25, 0.3) is 87.1 Å². The zero-order valence-electron chi connectivity index (χ0n) is 50.0. The van der Waals surface area contributed by atoms with Crippen molar-refractivity contribution in [3.63, 3.8) is 0 Å². The van der Waals surface area contributed by atoms with Crippen LogP contribution < -0.4 is 19.4 Å². The number of para-hydroxylation sites is 4. The summed E-state index contributed by atoms with van der Waals surface area (Å²) in [4.78, 5) is 46.0. The summed E-state index contributed by atoms with van der Waals surface area (Å²) in [6.45, 7) is 14.1. The monoisotopic (exact) mass is 1160 g/mol. The minimum atomic E-state index is -0.204. The number of aromatic amines is 2. The van der Waals surface area contributed by atoms with Crippen LogP contribution >= 0.6 is 0 Å². The molecule has 0 atom stereocenters. The molecule has 2 heterocycles. The molecule has 14 rings (SSSR count). The number of carbonyl (C=O) groups is 2. The van der Waals surface area contributed by atoms with Crippen molar-refractivity contribution in [1.82, 2.24) is 9.97 Å². The van der Waals surface area contributed by atoms with E-state index in [2.05, 4.69) is 104 Å². The van der Waals surface area contributed by atoms with Gasteiger partial charge in [0.15, 0.2) is 17.3 Å². The number of H-pyrrole nitrogens is 2.